The van der Waals surface area contributed by atoms with Crippen molar-refractivity contribution in [2.75, 3.05) is 6.54 Å². The van der Waals surface area contributed by atoms with E-state index in [-0.39, 0.29) is 18.9 Å². The first kappa shape index (κ1) is 17.0. The summed E-state index contributed by atoms with van der Waals surface area (Å²) in [5.41, 5.74) is 1.48. The number of nitrogens with one attached hydrogen (secondary N) is 2. The van der Waals surface area contributed by atoms with E-state index in [4.69, 9.17) is 5.21 Å². The lowest BCUT2D eigenvalue weighted by Crippen LogP contribution is -2.29. The van der Waals surface area contributed by atoms with E-state index in [0.29, 0.717) is 12.8 Å². The van der Waals surface area contributed by atoms with Crippen LogP contribution in [-0.2, 0) is 9.59 Å². The van der Waals surface area contributed by atoms with E-state index in [1.807, 2.05) is 0 Å². The molecule has 2 amide bonds. The number of carbonyl (C=O) groups excluding carboxylic acids is 2. The number of carbonyl (C=O) groups is 2. The molecular weight excluding hydrogens is 208 g/mol. The lowest BCUT2D eigenvalue weighted by atomic mass is 10.3. The first-order valence-corrected chi connectivity index (χ1v) is 5.42. The van der Waals surface area contributed by atoms with Crippen molar-refractivity contribution in [1.29, 1.82) is 0 Å². The second-order valence-corrected chi connectivity index (χ2v) is 3.17. The summed E-state index contributed by atoms with van der Waals surface area (Å²) in [5, 5.41) is 10.6. The van der Waals surface area contributed by atoms with Gasteiger partial charge in [0.15, 0.2) is 0 Å². The van der Waals surface area contributed by atoms with Gasteiger partial charge in [0.1, 0.15) is 0 Å². The third-order valence-electron chi connectivity index (χ3n) is 1.37. The maximum atomic E-state index is 10.9. The van der Waals surface area contributed by atoms with Crippen LogP contribution in [0, 0.1) is 0 Å². The standard InChI is InChI=1S/C8H14N2O3.C3H8/c1-2-3-4-7(11)9-6-5-8(12)10-13;1-3-2/h2,13H,1,3-6H2,(H,9,11)(H,10,12);3H2,1-2H3. The Kier molecular flexibility index (Phi) is 14.5. The van der Waals surface area contributed by atoms with Crippen LogP contribution < -0.4 is 10.8 Å². The predicted molar refractivity (Wildman–Crippen MR) is 63.0 cm³/mol. The Morgan fingerprint density at radius 3 is 2.25 bits per heavy atom. The molecule has 16 heavy (non-hydrogen) atoms. The molecule has 0 aliphatic rings. The van der Waals surface area contributed by atoms with Crippen molar-refractivity contribution in [1.82, 2.24) is 10.8 Å². The molecule has 0 bridgehead atoms. The van der Waals surface area contributed by atoms with Crippen molar-refractivity contribution in [3.05, 3.63) is 12.7 Å². The Morgan fingerprint density at radius 1 is 1.25 bits per heavy atom. The minimum absolute atomic E-state index is 0.0797. The zero-order valence-corrected chi connectivity index (χ0v) is 10.1. The molecule has 0 fully saturated rings. The second-order valence-electron chi connectivity index (χ2n) is 3.17. The number of allylic oxidation sites excluding steroid dienone is 1. The van der Waals surface area contributed by atoms with Crippen LogP contribution in [0.3, 0.4) is 0 Å². The summed E-state index contributed by atoms with van der Waals surface area (Å²) in [6, 6.07) is 0. The van der Waals surface area contributed by atoms with Gasteiger partial charge in [-0.3, -0.25) is 14.8 Å². The Balaban J connectivity index is 0. The van der Waals surface area contributed by atoms with E-state index in [1.165, 1.54) is 11.9 Å². The Morgan fingerprint density at radius 2 is 1.81 bits per heavy atom. The number of amides is 2. The largest absolute Gasteiger partial charge is 0.356 e. The summed E-state index contributed by atoms with van der Waals surface area (Å²) in [7, 11) is 0. The molecule has 0 unspecified atom stereocenters. The minimum Gasteiger partial charge on any atom is -0.356 e. The van der Waals surface area contributed by atoms with E-state index in [1.54, 1.807) is 6.08 Å². The molecule has 0 aromatic heterocycles. The maximum absolute atomic E-state index is 10.9. The van der Waals surface area contributed by atoms with Crippen molar-refractivity contribution in [3.8, 4) is 0 Å². The van der Waals surface area contributed by atoms with Crippen LogP contribution in [0.5, 0.6) is 0 Å². The highest BCUT2D eigenvalue weighted by molar-refractivity contribution is 5.78. The maximum Gasteiger partial charge on any atom is 0.245 e. The van der Waals surface area contributed by atoms with Crippen molar-refractivity contribution in [2.24, 2.45) is 0 Å². The summed E-state index contributed by atoms with van der Waals surface area (Å²) >= 11 is 0. The van der Waals surface area contributed by atoms with Gasteiger partial charge >= 0.3 is 0 Å². The van der Waals surface area contributed by atoms with Gasteiger partial charge < -0.3 is 5.32 Å². The topological polar surface area (TPSA) is 78.4 Å². The molecule has 0 aromatic carbocycles. The highest BCUT2D eigenvalue weighted by atomic mass is 16.5. The number of rotatable bonds is 6. The van der Waals surface area contributed by atoms with Crippen LogP contribution in [0.2, 0.25) is 0 Å². The van der Waals surface area contributed by atoms with Crippen molar-refractivity contribution >= 4 is 11.8 Å². The number of hydroxylamine groups is 1. The van der Waals surface area contributed by atoms with Crippen LogP contribution in [0.25, 0.3) is 0 Å². The number of hydrogen-bond donors (Lipinski definition) is 3. The van der Waals surface area contributed by atoms with Gasteiger partial charge in [0.2, 0.25) is 11.8 Å². The molecule has 0 saturated heterocycles. The first-order chi connectivity index (χ1) is 7.62. The predicted octanol–water partition coefficient (Wildman–Crippen LogP) is 1.38. The molecule has 0 radical (unpaired) electrons. The molecule has 0 rings (SSSR count). The summed E-state index contributed by atoms with van der Waals surface area (Å²) < 4.78 is 0. The van der Waals surface area contributed by atoms with E-state index < -0.39 is 5.91 Å². The smallest absolute Gasteiger partial charge is 0.245 e. The van der Waals surface area contributed by atoms with Gasteiger partial charge in [-0.25, -0.2) is 5.48 Å². The quantitative estimate of drug-likeness (QED) is 0.366. The fraction of sp³-hybridized carbons (Fsp3) is 0.636. The van der Waals surface area contributed by atoms with Gasteiger partial charge in [-0.15, -0.1) is 6.58 Å². The van der Waals surface area contributed by atoms with E-state index in [9.17, 15) is 9.59 Å². The third kappa shape index (κ3) is 15.1. The number of hydrogen-bond acceptors (Lipinski definition) is 3. The van der Waals surface area contributed by atoms with E-state index in [2.05, 4.69) is 25.7 Å². The molecule has 0 saturated carbocycles. The van der Waals surface area contributed by atoms with Crippen molar-refractivity contribution in [3.63, 3.8) is 0 Å². The lowest BCUT2D eigenvalue weighted by Gasteiger charge is -2.02. The molecule has 0 heterocycles. The Labute approximate surface area is 96.9 Å². The van der Waals surface area contributed by atoms with Crippen LogP contribution >= 0.6 is 0 Å². The average Bonchev–Trinajstić information content (AvgIpc) is 2.27. The molecule has 94 valence electrons. The minimum atomic E-state index is -0.510. The molecule has 5 heteroatoms. The summed E-state index contributed by atoms with van der Waals surface area (Å²) in [6.45, 7) is 7.97. The molecule has 0 spiro atoms. The van der Waals surface area contributed by atoms with E-state index >= 15 is 0 Å². The average molecular weight is 230 g/mol. The molecule has 5 nitrogen and oxygen atoms in total. The van der Waals surface area contributed by atoms with Gasteiger partial charge in [-0.1, -0.05) is 26.3 Å². The third-order valence-corrected chi connectivity index (χ3v) is 1.37. The molecule has 3 N–H and O–H groups in total. The Bertz CT molecular complexity index is 205. The fourth-order valence-corrected chi connectivity index (χ4v) is 0.693. The van der Waals surface area contributed by atoms with Crippen LogP contribution in [0.1, 0.15) is 39.5 Å². The molecule has 0 aromatic rings. The van der Waals surface area contributed by atoms with Gasteiger partial charge in [0, 0.05) is 19.4 Å². The zero-order chi connectivity index (χ0) is 12.8. The highest BCUT2D eigenvalue weighted by Crippen LogP contribution is 1.88. The van der Waals surface area contributed by atoms with Crippen molar-refractivity contribution in [2.45, 2.75) is 39.5 Å². The van der Waals surface area contributed by atoms with Gasteiger partial charge in [-0.05, 0) is 6.42 Å². The molecule has 0 atom stereocenters. The Hall–Kier alpha value is -1.36. The summed E-state index contributed by atoms with van der Waals surface area (Å²) in [6.07, 6.45) is 3.98. The van der Waals surface area contributed by atoms with Gasteiger partial charge in [0.25, 0.3) is 0 Å². The lowest BCUT2D eigenvalue weighted by molar-refractivity contribution is -0.129. The summed E-state index contributed by atoms with van der Waals surface area (Å²) in [5.74, 6) is -0.630. The van der Waals surface area contributed by atoms with Gasteiger partial charge in [0.05, 0.1) is 0 Å². The van der Waals surface area contributed by atoms with Crippen LogP contribution in [0.4, 0.5) is 0 Å². The van der Waals surface area contributed by atoms with Crippen LogP contribution in [-0.4, -0.2) is 23.6 Å². The van der Waals surface area contributed by atoms with Gasteiger partial charge in [-0.2, -0.15) is 0 Å². The SMILES string of the molecule is C=CCCC(=O)NCCC(=O)NO.CCC. The normalized spacial score (nSPS) is 8.44. The molecule has 0 aliphatic heterocycles. The highest BCUT2D eigenvalue weighted by Gasteiger charge is 2.01. The summed E-state index contributed by atoms with van der Waals surface area (Å²) in [4.78, 5) is 21.4. The van der Waals surface area contributed by atoms with Crippen LogP contribution in [0.15, 0.2) is 12.7 Å². The first-order valence-electron chi connectivity index (χ1n) is 5.42. The molecule has 0 aliphatic carbocycles. The zero-order valence-electron chi connectivity index (χ0n) is 10.1. The fourth-order valence-electron chi connectivity index (χ4n) is 0.693. The monoisotopic (exact) mass is 230 g/mol. The van der Waals surface area contributed by atoms with E-state index in [0.717, 1.165) is 0 Å². The molecular formula is C11H22N2O3. The van der Waals surface area contributed by atoms with Crippen molar-refractivity contribution < 1.29 is 14.8 Å². The second kappa shape index (κ2) is 13.6.